The number of rotatable bonds is 3. The molecule has 0 saturated carbocycles. The van der Waals surface area contributed by atoms with Gasteiger partial charge in [0.25, 0.3) is 0 Å². The van der Waals surface area contributed by atoms with Crippen LogP contribution in [0.1, 0.15) is 23.7 Å². The van der Waals surface area contributed by atoms with Gasteiger partial charge >= 0.3 is 5.97 Å². The summed E-state index contributed by atoms with van der Waals surface area (Å²) in [6.07, 6.45) is 4.53. The monoisotopic (exact) mass is 285 g/mol. The van der Waals surface area contributed by atoms with Crippen molar-refractivity contribution in [3.05, 3.63) is 48.0 Å². The number of aromatic nitrogens is 2. The van der Waals surface area contributed by atoms with E-state index in [0.717, 1.165) is 36.6 Å². The highest BCUT2D eigenvalue weighted by Gasteiger charge is 2.30. The number of benzene rings is 1. The number of carbonyl (C=O) groups is 1. The molecule has 1 aromatic heterocycles. The van der Waals surface area contributed by atoms with Gasteiger partial charge in [-0.2, -0.15) is 0 Å². The fourth-order valence-electron chi connectivity index (χ4n) is 2.90. The first-order valence-electron chi connectivity index (χ1n) is 7.08. The molecule has 0 spiro atoms. The minimum absolute atomic E-state index is 0.154. The summed E-state index contributed by atoms with van der Waals surface area (Å²) in [6, 6.07) is 8.05. The normalized spacial score (nSPS) is 17.4. The van der Waals surface area contributed by atoms with Gasteiger partial charge in [0.1, 0.15) is 5.82 Å². The molecule has 5 heteroatoms. The van der Waals surface area contributed by atoms with Crippen LogP contribution in [0.2, 0.25) is 0 Å². The Balaban J connectivity index is 1.91. The summed E-state index contributed by atoms with van der Waals surface area (Å²) in [5.74, 6) is 0.698. The van der Waals surface area contributed by atoms with E-state index in [9.17, 15) is 4.79 Å². The lowest BCUT2D eigenvalue weighted by molar-refractivity contribution is -0.142. The fraction of sp³-hybridized carbons (Fsp3) is 0.375. The molecule has 1 aliphatic heterocycles. The first kappa shape index (κ1) is 13.7. The van der Waals surface area contributed by atoms with Crippen molar-refractivity contribution in [1.29, 1.82) is 0 Å². The molecular weight excluding hydrogens is 266 g/mol. The number of carbonyl (C=O) groups excluding carboxylic acids is 1. The molecule has 1 aliphatic rings. The van der Waals surface area contributed by atoms with Crippen molar-refractivity contribution < 1.29 is 9.53 Å². The lowest BCUT2D eigenvalue weighted by atomic mass is 9.90. The number of nitrogens with zero attached hydrogens (tertiary/aromatic N) is 3. The second kappa shape index (κ2) is 5.60. The van der Waals surface area contributed by atoms with Gasteiger partial charge in [0.15, 0.2) is 0 Å². The highest BCUT2D eigenvalue weighted by Crippen LogP contribution is 2.36. The van der Waals surface area contributed by atoms with Gasteiger partial charge in [-0.25, -0.2) is 4.98 Å². The summed E-state index contributed by atoms with van der Waals surface area (Å²) in [6.45, 7) is 1.57. The number of anilines is 1. The molecule has 0 N–H and O–H groups in total. The predicted octanol–water partition coefficient (Wildman–Crippen LogP) is 2.09. The maximum absolute atomic E-state index is 12.0. The number of hydrogen-bond donors (Lipinski definition) is 0. The van der Waals surface area contributed by atoms with Crippen molar-refractivity contribution in [2.45, 2.75) is 18.9 Å². The summed E-state index contributed by atoms with van der Waals surface area (Å²) >= 11 is 0. The van der Waals surface area contributed by atoms with E-state index >= 15 is 0 Å². The van der Waals surface area contributed by atoms with Crippen LogP contribution in [0.4, 0.5) is 5.69 Å². The second-order valence-electron chi connectivity index (χ2n) is 5.30. The topological polar surface area (TPSA) is 47.4 Å². The third kappa shape index (κ3) is 2.51. The van der Waals surface area contributed by atoms with Gasteiger partial charge in [0.2, 0.25) is 0 Å². The van der Waals surface area contributed by atoms with Gasteiger partial charge in [-0.05, 0) is 18.1 Å². The number of aryl methyl sites for hydroxylation is 1. The van der Waals surface area contributed by atoms with E-state index in [1.807, 2.05) is 42.2 Å². The van der Waals surface area contributed by atoms with Crippen LogP contribution in [-0.4, -0.2) is 29.2 Å². The van der Waals surface area contributed by atoms with Gasteiger partial charge in [0, 0.05) is 31.7 Å². The van der Waals surface area contributed by atoms with E-state index in [1.54, 1.807) is 0 Å². The number of methoxy groups -OCH3 is 1. The Hall–Kier alpha value is -2.30. The molecule has 0 bridgehead atoms. The largest absolute Gasteiger partial charge is 0.469 e. The molecule has 0 saturated heterocycles. The lowest BCUT2D eigenvalue weighted by Gasteiger charge is -2.34. The smallest absolute Gasteiger partial charge is 0.313 e. The average Bonchev–Trinajstić information content (AvgIpc) is 2.92. The molecule has 2 aromatic rings. The number of para-hydroxylation sites is 1. The molecule has 2 heterocycles. The fourth-order valence-corrected chi connectivity index (χ4v) is 2.90. The maximum atomic E-state index is 12.0. The third-order valence-electron chi connectivity index (χ3n) is 4.08. The van der Waals surface area contributed by atoms with Crippen LogP contribution in [0.25, 0.3) is 0 Å². The van der Waals surface area contributed by atoms with Crippen LogP contribution >= 0.6 is 0 Å². The Labute approximate surface area is 124 Å². The van der Waals surface area contributed by atoms with Crippen molar-refractivity contribution in [3.63, 3.8) is 0 Å². The van der Waals surface area contributed by atoms with Crippen molar-refractivity contribution >= 4 is 11.7 Å². The van der Waals surface area contributed by atoms with Crippen molar-refractivity contribution in [1.82, 2.24) is 9.55 Å². The molecule has 0 aliphatic carbocycles. The van der Waals surface area contributed by atoms with Crippen molar-refractivity contribution in [3.8, 4) is 0 Å². The van der Waals surface area contributed by atoms with Crippen LogP contribution in [0, 0.1) is 0 Å². The van der Waals surface area contributed by atoms with E-state index in [0.29, 0.717) is 0 Å². The molecule has 3 rings (SSSR count). The Bertz CT molecular complexity index is 650. The average molecular weight is 285 g/mol. The van der Waals surface area contributed by atoms with Crippen LogP contribution in [0.5, 0.6) is 0 Å². The molecule has 0 radical (unpaired) electrons. The molecule has 21 heavy (non-hydrogen) atoms. The zero-order valence-corrected chi connectivity index (χ0v) is 12.3. The summed E-state index contributed by atoms with van der Waals surface area (Å²) in [7, 11) is 3.45. The van der Waals surface area contributed by atoms with Gasteiger partial charge in [-0.1, -0.05) is 18.2 Å². The maximum Gasteiger partial charge on any atom is 0.313 e. The lowest BCUT2D eigenvalue weighted by Crippen LogP contribution is -2.34. The summed E-state index contributed by atoms with van der Waals surface area (Å²) < 4.78 is 6.96. The Morgan fingerprint density at radius 1 is 1.43 bits per heavy atom. The van der Waals surface area contributed by atoms with E-state index in [4.69, 9.17) is 4.74 Å². The third-order valence-corrected chi connectivity index (χ3v) is 4.08. The molecule has 0 fully saturated rings. The SMILES string of the molecule is COC(=O)[C@H]1CCN(Cc2nccn2C)c2ccccc21. The number of imidazole rings is 1. The molecule has 0 unspecified atom stereocenters. The molecule has 0 amide bonds. The van der Waals surface area contributed by atoms with E-state index in [-0.39, 0.29) is 11.9 Å². The second-order valence-corrected chi connectivity index (χ2v) is 5.30. The molecule has 1 aromatic carbocycles. The summed E-state index contributed by atoms with van der Waals surface area (Å²) in [4.78, 5) is 18.6. The Kier molecular flexibility index (Phi) is 3.64. The van der Waals surface area contributed by atoms with Crippen molar-refractivity contribution in [2.75, 3.05) is 18.6 Å². The van der Waals surface area contributed by atoms with Crippen LogP contribution in [-0.2, 0) is 23.1 Å². The highest BCUT2D eigenvalue weighted by molar-refractivity contribution is 5.81. The van der Waals surface area contributed by atoms with Crippen LogP contribution < -0.4 is 4.90 Å². The summed E-state index contributed by atoms with van der Waals surface area (Å²) in [5, 5.41) is 0. The standard InChI is InChI=1S/C16H19N3O2/c1-18-10-8-17-15(18)11-19-9-7-13(16(20)21-2)12-5-3-4-6-14(12)19/h3-6,8,10,13H,7,9,11H2,1-2H3/t13-/m0/s1. The quantitative estimate of drug-likeness (QED) is 0.810. The summed E-state index contributed by atoms with van der Waals surface area (Å²) in [5.41, 5.74) is 2.15. The van der Waals surface area contributed by atoms with Gasteiger partial charge < -0.3 is 14.2 Å². The van der Waals surface area contributed by atoms with Crippen molar-refractivity contribution in [2.24, 2.45) is 7.05 Å². The molecular formula is C16H19N3O2. The number of hydrogen-bond acceptors (Lipinski definition) is 4. The van der Waals surface area contributed by atoms with E-state index in [2.05, 4.69) is 16.0 Å². The first-order valence-corrected chi connectivity index (χ1v) is 7.08. The van der Waals surface area contributed by atoms with E-state index in [1.165, 1.54) is 7.11 Å². The highest BCUT2D eigenvalue weighted by atomic mass is 16.5. The number of esters is 1. The van der Waals surface area contributed by atoms with Gasteiger partial charge in [-0.3, -0.25) is 4.79 Å². The zero-order chi connectivity index (χ0) is 14.8. The van der Waals surface area contributed by atoms with Crippen LogP contribution in [0.3, 0.4) is 0 Å². The van der Waals surface area contributed by atoms with Gasteiger partial charge in [-0.15, -0.1) is 0 Å². The van der Waals surface area contributed by atoms with E-state index < -0.39 is 0 Å². The first-order chi connectivity index (χ1) is 10.2. The van der Waals surface area contributed by atoms with Gasteiger partial charge in [0.05, 0.1) is 19.6 Å². The molecule has 110 valence electrons. The minimum atomic E-state index is -0.163. The Morgan fingerprint density at radius 3 is 2.95 bits per heavy atom. The minimum Gasteiger partial charge on any atom is -0.469 e. The molecule has 5 nitrogen and oxygen atoms in total. The van der Waals surface area contributed by atoms with Crippen LogP contribution in [0.15, 0.2) is 36.7 Å². The predicted molar refractivity (Wildman–Crippen MR) is 80.1 cm³/mol. The molecule has 1 atom stereocenters. The number of fused-ring (bicyclic) bond motifs is 1. The Morgan fingerprint density at radius 2 is 2.24 bits per heavy atom. The zero-order valence-electron chi connectivity index (χ0n) is 12.3. The number of ether oxygens (including phenoxy) is 1.